The van der Waals surface area contributed by atoms with Gasteiger partial charge in [-0.1, -0.05) is 21.6 Å². The van der Waals surface area contributed by atoms with E-state index in [1.807, 2.05) is 6.26 Å². The Hall–Kier alpha value is 0.170. The van der Waals surface area contributed by atoms with E-state index < -0.39 is 0 Å². The van der Waals surface area contributed by atoms with Gasteiger partial charge in [-0.2, -0.15) is 0 Å². The molecule has 0 aromatic rings. The SMILES string of the molecule is CSSCCNC(C)=O. The molecule has 1 amide bonds. The molecule has 1 N–H and O–H groups in total. The summed E-state index contributed by atoms with van der Waals surface area (Å²) in [4.78, 5) is 10.3. The molecular formula is C5H11NOS2. The van der Waals surface area contributed by atoms with Gasteiger partial charge in [0.15, 0.2) is 0 Å². The molecule has 0 rings (SSSR count). The number of amides is 1. The summed E-state index contributed by atoms with van der Waals surface area (Å²) in [5, 5.41) is 2.71. The number of nitrogens with one attached hydrogen (secondary N) is 1. The van der Waals surface area contributed by atoms with Crippen LogP contribution >= 0.6 is 21.6 Å². The van der Waals surface area contributed by atoms with Crippen LogP contribution in [0.4, 0.5) is 0 Å². The van der Waals surface area contributed by atoms with E-state index in [9.17, 15) is 4.79 Å². The van der Waals surface area contributed by atoms with Crippen molar-refractivity contribution in [2.75, 3.05) is 18.6 Å². The van der Waals surface area contributed by atoms with E-state index in [1.165, 1.54) is 6.92 Å². The zero-order valence-corrected chi connectivity index (χ0v) is 7.27. The molecule has 0 radical (unpaired) electrons. The van der Waals surface area contributed by atoms with Gasteiger partial charge in [-0.25, -0.2) is 0 Å². The molecule has 0 aliphatic heterocycles. The summed E-state index contributed by atoms with van der Waals surface area (Å²) < 4.78 is 0. The fourth-order valence-corrected chi connectivity index (χ4v) is 1.45. The highest BCUT2D eigenvalue weighted by Crippen LogP contribution is 2.14. The number of hydrogen-bond donors (Lipinski definition) is 1. The Kier molecular flexibility index (Phi) is 6.41. The molecule has 0 aromatic heterocycles. The summed E-state index contributed by atoms with van der Waals surface area (Å²) in [5.41, 5.74) is 0. The van der Waals surface area contributed by atoms with Gasteiger partial charge in [0.25, 0.3) is 0 Å². The summed E-state index contributed by atoms with van der Waals surface area (Å²) >= 11 is 0. The minimum atomic E-state index is 0.0525. The third kappa shape index (κ3) is 8.17. The average molecular weight is 165 g/mol. The summed E-state index contributed by atoms with van der Waals surface area (Å²) in [7, 11) is 3.47. The van der Waals surface area contributed by atoms with Gasteiger partial charge in [0.05, 0.1) is 0 Å². The van der Waals surface area contributed by atoms with E-state index in [1.54, 1.807) is 21.6 Å². The maximum atomic E-state index is 10.3. The molecule has 0 spiro atoms. The highest BCUT2D eigenvalue weighted by molar-refractivity contribution is 8.76. The van der Waals surface area contributed by atoms with Crippen LogP contribution in [0.3, 0.4) is 0 Å². The van der Waals surface area contributed by atoms with Crippen molar-refractivity contribution in [3.05, 3.63) is 0 Å². The maximum absolute atomic E-state index is 10.3. The predicted octanol–water partition coefficient (Wildman–Crippen LogP) is 1.13. The molecule has 2 nitrogen and oxygen atoms in total. The van der Waals surface area contributed by atoms with Crippen LogP contribution in [-0.2, 0) is 4.79 Å². The van der Waals surface area contributed by atoms with Crippen LogP contribution in [0, 0.1) is 0 Å². The molecule has 0 atom stereocenters. The van der Waals surface area contributed by atoms with Gasteiger partial charge >= 0.3 is 0 Å². The highest BCUT2D eigenvalue weighted by atomic mass is 33.1. The van der Waals surface area contributed by atoms with Crippen molar-refractivity contribution in [1.29, 1.82) is 0 Å². The molecule has 0 aromatic carbocycles. The molecule has 0 aliphatic carbocycles. The van der Waals surface area contributed by atoms with Gasteiger partial charge in [-0.3, -0.25) is 4.79 Å². The Labute approximate surface area is 63.6 Å². The van der Waals surface area contributed by atoms with Gasteiger partial charge in [-0.15, -0.1) is 0 Å². The van der Waals surface area contributed by atoms with Crippen LogP contribution in [0.15, 0.2) is 0 Å². The van der Waals surface area contributed by atoms with Crippen molar-refractivity contribution in [2.24, 2.45) is 0 Å². The van der Waals surface area contributed by atoms with E-state index in [0.717, 1.165) is 12.3 Å². The second-order valence-electron chi connectivity index (χ2n) is 1.47. The fraction of sp³-hybridized carbons (Fsp3) is 0.800. The van der Waals surface area contributed by atoms with E-state index in [2.05, 4.69) is 5.32 Å². The molecule has 0 heterocycles. The topological polar surface area (TPSA) is 29.1 Å². The molecular weight excluding hydrogens is 154 g/mol. The van der Waals surface area contributed by atoms with E-state index in [-0.39, 0.29) is 5.91 Å². The Morgan fingerprint density at radius 2 is 2.33 bits per heavy atom. The Morgan fingerprint density at radius 3 is 2.78 bits per heavy atom. The van der Waals surface area contributed by atoms with Gasteiger partial charge < -0.3 is 5.32 Å². The molecule has 0 saturated heterocycles. The molecule has 0 bridgehead atoms. The summed E-state index contributed by atoms with van der Waals surface area (Å²) in [6, 6.07) is 0. The molecule has 0 saturated carbocycles. The zero-order chi connectivity index (χ0) is 7.11. The third-order valence-corrected chi connectivity index (χ3v) is 2.49. The second-order valence-corrected chi connectivity index (χ2v) is 4.16. The van der Waals surface area contributed by atoms with E-state index in [4.69, 9.17) is 0 Å². The van der Waals surface area contributed by atoms with Crippen molar-refractivity contribution < 1.29 is 4.79 Å². The van der Waals surface area contributed by atoms with Crippen molar-refractivity contribution in [1.82, 2.24) is 5.32 Å². The minimum absolute atomic E-state index is 0.0525. The fourth-order valence-electron chi connectivity index (χ4n) is 0.352. The van der Waals surface area contributed by atoms with Gasteiger partial charge in [0.1, 0.15) is 0 Å². The first-order chi connectivity index (χ1) is 4.27. The quantitative estimate of drug-likeness (QED) is 0.500. The van der Waals surface area contributed by atoms with Crippen molar-refractivity contribution in [3.8, 4) is 0 Å². The van der Waals surface area contributed by atoms with E-state index >= 15 is 0 Å². The smallest absolute Gasteiger partial charge is 0.216 e. The first-order valence-corrected chi connectivity index (χ1v) is 5.40. The molecule has 9 heavy (non-hydrogen) atoms. The van der Waals surface area contributed by atoms with Crippen LogP contribution in [0.5, 0.6) is 0 Å². The average Bonchev–Trinajstić information content (AvgIpc) is 1.80. The lowest BCUT2D eigenvalue weighted by Crippen LogP contribution is -2.22. The number of hydrogen-bond acceptors (Lipinski definition) is 3. The number of rotatable bonds is 4. The van der Waals surface area contributed by atoms with Crippen LogP contribution in [0.1, 0.15) is 6.92 Å². The Morgan fingerprint density at radius 1 is 1.67 bits per heavy atom. The van der Waals surface area contributed by atoms with Crippen molar-refractivity contribution in [3.63, 3.8) is 0 Å². The lowest BCUT2D eigenvalue weighted by molar-refractivity contribution is -0.118. The maximum Gasteiger partial charge on any atom is 0.216 e. The summed E-state index contributed by atoms with van der Waals surface area (Å²) in [5.74, 6) is 1.04. The van der Waals surface area contributed by atoms with Gasteiger partial charge in [0, 0.05) is 19.2 Å². The Bertz CT molecular complexity index is 87.0. The van der Waals surface area contributed by atoms with E-state index in [0.29, 0.717) is 0 Å². The van der Waals surface area contributed by atoms with Gasteiger partial charge in [-0.05, 0) is 6.26 Å². The first kappa shape index (κ1) is 9.17. The molecule has 0 aliphatic rings. The van der Waals surface area contributed by atoms with Crippen LogP contribution < -0.4 is 5.32 Å². The monoisotopic (exact) mass is 165 g/mol. The summed E-state index contributed by atoms with van der Waals surface area (Å²) in [6.07, 6.45) is 2.03. The Balaban J connectivity index is 2.83. The lowest BCUT2D eigenvalue weighted by atomic mass is 10.6. The number of carbonyl (C=O) groups excluding carboxylic acids is 1. The molecule has 4 heteroatoms. The lowest BCUT2D eigenvalue weighted by Gasteiger charge is -1.97. The van der Waals surface area contributed by atoms with Crippen LogP contribution in [-0.4, -0.2) is 24.5 Å². The third-order valence-electron chi connectivity index (χ3n) is 0.677. The van der Waals surface area contributed by atoms with Crippen LogP contribution in [0.25, 0.3) is 0 Å². The normalized spacial score (nSPS) is 9.11. The highest BCUT2D eigenvalue weighted by Gasteiger charge is 1.88. The molecule has 0 unspecified atom stereocenters. The van der Waals surface area contributed by atoms with Gasteiger partial charge in [0.2, 0.25) is 5.91 Å². The predicted molar refractivity (Wildman–Crippen MR) is 44.7 cm³/mol. The molecule has 0 fully saturated rings. The number of carbonyl (C=O) groups is 1. The van der Waals surface area contributed by atoms with Crippen molar-refractivity contribution >= 4 is 27.5 Å². The van der Waals surface area contributed by atoms with Crippen LogP contribution in [0.2, 0.25) is 0 Å². The van der Waals surface area contributed by atoms with Crippen molar-refractivity contribution in [2.45, 2.75) is 6.92 Å². The standard InChI is InChI=1S/C5H11NOS2/c1-5(7)6-3-4-9-8-2/h3-4H2,1-2H3,(H,6,7). The minimum Gasteiger partial charge on any atom is -0.355 e. The molecule has 54 valence electrons. The second kappa shape index (κ2) is 6.29. The summed E-state index contributed by atoms with van der Waals surface area (Å²) in [6.45, 7) is 2.31. The largest absolute Gasteiger partial charge is 0.355 e. The zero-order valence-electron chi connectivity index (χ0n) is 5.64. The first-order valence-electron chi connectivity index (χ1n) is 2.67.